The lowest BCUT2D eigenvalue weighted by Crippen LogP contribution is -2.30. The molecule has 0 saturated heterocycles. The number of H-pyrrole nitrogens is 1. The number of halogens is 3. The Balaban J connectivity index is 1.48. The average Bonchev–Trinajstić information content (AvgIpc) is 3.27. The van der Waals surface area contributed by atoms with Crippen LogP contribution < -0.4 is 4.74 Å². The van der Waals surface area contributed by atoms with E-state index in [9.17, 15) is 13.2 Å². The van der Waals surface area contributed by atoms with Crippen molar-refractivity contribution in [3.8, 4) is 5.75 Å². The van der Waals surface area contributed by atoms with E-state index < -0.39 is 12.7 Å². The second-order valence-electron chi connectivity index (χ2n) is 6.91. The summed E-state index contributed by atoms with van der Waals surface area (Å²) in [6.07, 6.45) is 3.52. The Hall–Kier alpha value is -2.74. The molecule has 5 nitrogen and oxygen atoms in total. The first-order valence-electron chi connectivity index (χ1n) is 9.06. The molecule has 1 aliphatic heterocycles. The molecule has 1 aliphatic rings. The predicted molar refractivity (Wildman–Crippen MR) is 101 cm³/mol. The lowest BCUT2D eigenvalue weighted by Gasteiger charge is -2.26. The number of benzene rings is 1. The van der Waals surface area contributed by atoms with Crippen LogP contribution in [0.4, 0.5) is 13.2 Å². The van der Waals surface area contributed by atoms with Gasteiger partial charge in [0.15, 0.2) is 0 Å². The minimum absolute atomic E-state index is 0.397. The van der Waals surface area contributed by atoms with E-state index >= 15 is 0 Å². The SMILES string of the molecule is COc1ccc2[nH]cc(C3=CCN(Cc4nccn4CC(F)(F)F)CC3)c2c1. The Morgan fingerprint density at radius 3 is 2.86 bits per heavy atom. The van der Waals surface area contributed by atoms with Crippen molar-refractivity contribution in [2.24, 2.45) is 0 Å². The smallest absolute Gasteiger partial charge is 0.406 e. The Morgan fingerprint density at radius 2 is 2.14 bits per heavy atom. The second kappa shape index (κ2) is 7.35. The summed E-state index contributed by atoms with van der Waals surface area (Å²) in [7, 11) is 1.65. The molecule has 4 rings (SSSR count). The van der Waals surface area contributed by atoms with Gasteiger partial charge in [0.05, 0.1) is 13.7 Å². The quantitative estimate of drug-likeness (QED) is 0.709. The van der Waals surface area contributed by atoms with Crippen LogP contribution in [0.2, 0.25) is 0 Å². The number of aromatic nitrogens is 3. The largest absolute Gasteiger partial charge is 0.497 e. The summed E-state index contributed by atoms with van der Waals surface area (Å²) >= 11 is 0. The number of rotatable bonds is 5. The molecular formula is C20H21F3N4O. The Morgan fingerprint density at radius 1 is 1.29 bits per heavy atom. The van der Waals surface area contributed by atoms with Gasteiger partial charge in [-0.2, -0.15) is 13.2 Å². The third kappa shape index (κ3) is 3.91. The summed E-state index contributed by atoms with van der Waals surface area (Å²) in [5.41, 5.74) is 3.43. The topological polar surface area (TPSA) is 46.1 Å². The van der Waals surface area contributed by atoms with Gasteiger partial charge >= 0.3 is 6.18 Å². The van der Waals surface area contributed by atoms with Crippen LogP contribution in [-0.4, -0.2) is 45.8 Å². The van der Waals surface area contributed by atoms with Gasteiger partial charge in [0.1, 0.15) is 18.1 Å². The van der Waals surface area contributed by atoms with Crippen LogP contribution in [0, 0.1) is 0 Å². The summed E-state index contributed by atoms with van der Waals surface area (Å²) in [6.45, 7) is 0.829. The number of fused-ring (bicyclic) bond motifs is 1. The van der Waals surface area contributed by atoms with Gasteiger partial charge in [-0.1, -0.05) is 6.08 Å². The average molecular weight is 390 g/mol. The number of hydrogen-bond acceptors (Lipinski definition) is 3. The fourth-order valence-electron chi connectivity index (χ4n) is 3.62. The number of methoxy groups -OCH3 is 1. The molecule has 0 saturated carbocycles. The minimum atomic E-state index is -4.25. The summed E-state index contributed by atoms with van der Waals surface area (Å²) in [6, 6.07) is 5.93. The summed E-state index contributed by atoms with van der Waals surface area (Å²) in [5, 5.41) is 1.11. The van der Waals surface area contributed by atoms with Gasteiger partial charge in [-0.3, -0.25) is 4.90 Å². The molecule has 0 bridgehead atoms. The van der Waals surface area contributed by atoms with Gasteiger partial charge < -0.3 is 14.3 Å². The van der Waals surface area contributed by atoms with E-state index in [0.29, 0.717) is 18.9 Å². The normalized spacial score (nSPS) is 15.8. The molecule has 0 atom stereocenters. The molecule has 148 valence electrons. The highest BCUT2D eigenvalue weighted by Crippen LogP contribution is 2.31. The predicted octanol–water partition coefficient (Wildman–Crippen LogP) is 4.22. The zero-order valence-electron chi connectivity index (χ0n) is 15.5. The molecule has 0 fully saturated rings. The number of alkyl halides is 3. The van der Waals surface area contributed by atoms with Crippen LogP contribution in [0.5, 0.6) is 5.75 Å². The molecule has 1 N–H and O–H groups in total. The Labute approximate surface area is 160 Å². The summed E-state index contributed by atoms with van der Waals surface area (Å²) in [4.78, 5) is 9.49. The maximum absolute atomic E-state index is 12.7. The van der Waals surface area contributed by atoms with E-state index in [0.717, 1.165) is 35.2 Å². The maximum Gasteiger partial charge on any atom is 0.406 e. The first kappa shape index (κ1) is 18.6. The third-order valence-electron chi connectivity index (χ3n) is 5.04. The van der Waals surface area contributed by atoms with Crippen LogP contribution in [0.3, 0.4) is 0 Å². The lowest BCUT2D eigenvalue weighted by molar-refractivity contribution is -0.141. The lowest BCUT2D eigenvalue weighted by atomic mass is 9.99. The van der Waals surface area contributed by atoms with E-state index in [1.807, 2.05) is 24.4 Å². The van der Waals surface area contributed by atoms with Crippen LogP contribution in [0.15, 0.2) is 42.9 Å². The van der Waals surface area contributed by atoms with Gasteiger partial charge in [-0.15, -0.1) is 0 Å². The molecule has 8 heteroatoms. The van der Waals surface area contributed by atoms with Crippen molar-refractivity contribution in [3.63, 3.8) is 0 Å². The summed E-state index contributed by atoms with van der Waals surface area (Å²) in [5.74, 6) is 1.24. The van der Waals surface area contributed by atoms with Gasteiger partial charge in [0.2, 0.25) is 0 Å². The zero-order valence-corrected chi connectivity index (χ0v) is 15.5. The molecule has 28 heavy (non-hydrogen) atoms. The Kier molecular flexibility index (Phi) is 4.89. The van der Waals surface area contributed by atoms with Crippen LogP contribution in [0.1, 0.15) is 17.8 Å². The van der Waals surface area contributed by atoms with Gasteiger partial charge in [-0.25, -0.2) is 4.98 Å². The van der Waals surface area contributed by atoms with Crippen LogP contribution in [-0.2, 0) is 13.1 Å². The van der Waals surface area contributed by atoms with Crippen molar-refractivity contribution in [1.82, 2.24) is 19.4 Å². The molecule has 0 radical (unpaired) electrons. The first-order chi connectivity index (χ1) is 13.4. The number of ether oxygens (including phenoxy) is 1. The van der Waals surface area contributed by atoms with Crippen molar-refractivity contribution in [2.45, 2.75) is 25.7 Å². The second-order valence-corrected chi connectivity index (χ2v) is 6.91. The monoisotopic (exact) mass is 390 g/mol. The number of nitrogens with zero attached hydrogens (tertiary/aromatic N) is 3. The van der Waals surface area contributed by atoms with Crippen molar-refractivity contribution in [1.29, 1.82) is 0 Å². The highest BCUT2D eigenvalue weighted by Gasteiger charge is 2.29. The molecule has 0 unspecified atom stereocenters. The summed E-state index contributed by atoms with van der Waals surface area (Å²) < 4.78 is 44.5. The molecule has 0 aliphatic carbocycles. The van der Waals surface area contributed by atoms with Crippen molar-refractivity contribution < 1.29 is 17.9 Å². The zero-order chi connectivity index (χ0) is 19.7. The Bertz CT molecular complexity index is 1000. The van der Waals surface area contributed by atoms with E-state index in [-0.39, 0.29) is 0 Å². The molecule has 0 amide bonds. The maximum atomic E-state index is 12.7. The van der Waals surface area contributed by atoms with Crippen molar-refractivity contribution in [2.75, 3.05) is 20.2 Å². The molecular weight excluding hydrogens is 369 g/mol. The fraction of sp³-hybridized carbons (Fsp3) is 0.350. The minimum Gasteiger partial charge on any atom is -0.497 e. The first-order valence-corrected chi connectivity index (χ1v) is 9.06. The fourth-order valence-corrected chi connectivity index (χ4v) is 3.62. The number of nitrogens with one attached hydrogen (secondary N) is 1. The van der Waals surface area contributed by atoms with E-state index in [2.05, 4.69) is 20.9 Å². The van der Waals surface area contributed by atoms with Crippen molar-refractivity contribution >= 4 is 16.5 Å². The number of hydrogen-bond donors (Lipinski definition) is 1. The van der Waals surface area contributed by atoms with Gasteiger partial charge in [0.25, 0.3) is 0 Å². The molecule has 2 aromatic heterocycles. The van der Waals surface area contributed by atoms with Gasteiger partial charge in [-0.05, 0) is 30.2 Å². The molecule has 3 heterocycles. The van der Waals surface area contributed by atoms with Crippen LogP contribution in [0.25, 0.3) is 16.5 Å². The number of aromatic amines is 1. The standard InChI is InChI=1S/C20H21F3N4O/c1-28-15-2-3-18-16(10-15)17(11-25-18)14-4-7-26(8-5-14)12-19-24-6-9-27(19)13-20(21,22)23/h2-4,6,9-11,25H,5,7-8,12-13H2,1H3. The van der Waals surface area contributed by atoms with Crippen molar-refractivity contribution in [3.05, 3.63) is 54.3 Å². The highest BCUT2D eigenvalue weighted by atomic mass is 19.4. The third-order valence-corrected chi connectivity index (χ3v) is 5.04. The van der Waals surface area contributed by atoms with E-state index in [1.54, 1.807) is 7.11 Å². The molecule has 0 spiro atoms. The highest BCUT2D eigenvalue weighted by molar-refractivity contribution is 5.93. The van der Waals surface area contributed by atoms with Crippen LogP contribution >= 0.6 is 0 Å². The van der Waals surface area contributed by atoms with E-state index in [1.165, 1.54) is 22.5 Å². The molecule has 3 aromatic rings. The van der Waals surface area contributed by atoms with E-state index in [4.69, 9.17) is 4.74 Å². The molecule has 1 aromatic carbocycles. The number of imidazole rings is 1. The van der Waals surface area contributed by atoms with Gasteiger partial charge in [0, 0.05) is 48.1 Å².